The largest absolute Gasteiger partial charge is 0.336 e. The number of hydrogen-bond acceptors (Lipinski definition) is 4. The van der Waals surface area contributed by atoms with E-state index >= 15 is 0 Å². The summed E-state index contributed by atoms with van der Waals surface area (Å²) in [6, 6.07) is 1.94. The molecule has 0 aliphatic heterocycles. The summed E-state index contributed by atoms with van der Waals surface area (Å²) in [6.45, 7) is 3.93. The van der Waals surface area contributed by atoms with Gasteiger partial charge in [0.2, 0.25) is 0 Å². The lowest BCUT2D eigenvalue weighted by atomic mass is 10.3. The van der Waals surface area contributed by atoms with Gasteiger partial charge in [-0.05, 0) is 25.5 Å². The number of anilines is 2. The highest BCUT2D eigenvalue weighted by atomic mass is 15.3. The van der Waals surface area contributed by atoms with Crippen LogP contribution in [0.1, 0.15) is 11.3 Å². The smallest absolute Gasteiger partial charge is 0.153 e. The molecule has 2 heterocycles. The Morgan fingerprint density at radius 1 is 1.33 bits per heavy atom. The average molecular weight is 203 g/mol. The Hall–Kier alpha value is -1.91. The highest BCUT2D eigenvalue weighted by molar-refractivity contribution is 5.57. The van der Waals surface area contributed by atoms with Crippen LogP contribution in [0.25, 0.3) is 0 Å². The highest BCUT2D eigenvalue weighted by Gasteiger charge is 2.03. The van der Waals surface area contributed by atoms with Gasteiger partial charge in [-0.3, -0.25) is 4.68 Å². The molecule has 5 nitrogen and oxygen atoms in total. The lowest BCUT2D eigenvalue weighted by Gasteiger charge is -2.02. The number of aromatic nitrogens is 4. The summed E-state index contributed by atoms with van der Waals surface area (Å²) < 4.78 is 1.76. The van der Waals surface area contributed by atoms with E-state index in [-0.39, 0.29) is 0 Å². The van der Waals surface area contributed by atoms with Crippen LogP contribution in [0, 0.1) is 13.8 Å². The van der Waals surface area contributed by atoms with Crippen LogP contribution in [0.3, 0.4) is 0 Å². The van der Waals surface area contributed by atoms with E-state index in [0.29, 0.717) is 0 Å². The number of hydrogen-bond donors (Lipinski definition) is 1. The quantitative estimate of drug-likeness (QED) is 0.805. The molecule has 0 aromatic carbocycles. The third kappa shape index (κ3) is 2.12. The first-order valence-corrected chi connectivity index (χ1v) is 4.72. The Labute approximate surface area is 88.1 Å². The fourth-order valence-corrected chi connectivity index (χ4v) is 1.39. The second-order valence-corrected chi connectivity index (χ2v) is 3.55. The van der Waals surface area contributed by atoms with E-state index in [1.807, 2.05) is 33.2 Å². The summed E-state index contributed by atoms with van der Waals surface area (Å²) in [5.41, 5.74) is 2.98. The number of aryl methyl sites for hydroxylation is 3. The monoisotopic (exact) mass is 203 g/mol. The third-order valence-electron chi connectivity index (χ3n) is 2.07. The summed E-state index contributed by atoms with van der Waals surface area (Å²) in [5, 5.41) is 15.3. The molecular weight excluding hydrogens is 190 g/mol. The molecule has 0 aliphatic carbocycles. The predicted molar refractivity (Wildman–Crippen MR) is 58.0 cm³/mol. The fourth-order valence-electron chi connectivity index (χ4n) is 1.39. The maximum absolute atomic E-state index is 4.24. The molecule has 2 rings (SSSR count). The minimum atomic E-state index is 0.742. The molecule has 1 N–H and O–H groups in total. The minimum Gasteiger partial charge on any atom is -0.336 e. The van der Waals surface area contributed by atoms with E-state index in [1.54, 1.807) is 10.9 Å². The van der Waals surface area contributed by atoms with Crippen molar-refractivity contribution in [3.63, 3.8) is 0 Å². The van der Waals surface area contributed by atoms with Crippen LogP contribution in [0.5, 0.6) is 0 Å². The van der Waals surface area contributed by atoms with Crippen LogP contribution >= 0.6 is 0 Å². The summed E-state index contributed by atoms with van der Waals surface area (Å²) in [4.78, 5) is 0. The summed E-state index contributed by atoms with van der Waals surface area (Å²) in [6.07, 6.45) is 3.64. The number of nitrogens with one attached hydrogen (secondary N) is 1. The summed E-state index contributed by atoms with van der Waals surface area (Å²) in [7, 11) is 1.89. The van der Waals surface area contributed by atoms with Crippen molar-refractivity contribution in [3.8, 4) is 0 Å². The van der Waals surface area contributed by atoms with Crippen molar-refractivity contribution in [2.45, 2.75) is 13.8 Å². The maximum atomic E-state index is 4.24. The van der Waals surface area contributed by atoms with Crippen LogP contribution in [-0.2, 0) is 7.05 Å². The fraction of sp³-hybridized carbons (Fsp3) is 0.300. The molecule has 0 saturated heterocycles. The first kappa shape index (κ1) is 9.64. The lowest BCUT2D eigenvalue weighted by molar-refractivity contribution is 0.756. The van der Waals surface area contributed by atoms with Crippen molar-refractivity contribution < 1.29 is 0 Å². The first-order chi connectivity index (χ1) is 7.15. The Morgan fingerprint density at radius 3 is 2.73 bits per heavy atom. The Balaban J connectivity index is 2.25. The van der Waals surface area contributed by atoms with Crippen LogP contribution in [0.2, 0.25) is 0 Å². The van der Waals surface area contributed by atoms with E-state index in [9.17, 15) is 0 Å². The molecule has 5 heteroatoms. The molecule has 0 saturated carbocycles. The van der Waals surface area contributed by atoms with Crippen molar-refractivity contribution >= 4 is 11.5 Å². The second kappa shape index (κ2) is 3.68. The number of nitrogens with zero attached hydrogens (tertiary/aromatic N) is 4. The van der Waals surface area contributed by atoms with Crippen molar-refractivity contribution in [1.82, 2.24) is 20.0 Å². The van der Waals surface area contributed by atoms with Crippen molar-refractivity contribution in [3.05, 3.63) is 29.7 Å². The zero-order chi connectivity index (χ0) is 10.8. The van der Waals surface area contributed by atoms with Crippen LogP contribution in [0.4, 0.5) is 11.5 Å². The maximum Gasteiger partial charge on any atom is 0.153 e. The van der Waals surface area contributed by atoms with E-state index in [4.69, 9.17) is 0 Å². The minimum absolute atomic E-state index is 0.742. The van der Waals surface area contributed by atoms with Gasteiger partial charge in [-0.2, -0.15) is 10.2 Å². The normalized spacial score (nSPS) is 10.3. The molecule has 0 amide bonds. The van der Waals surface area contributed by atoms with Gasteiger partial charge in [-0.25, -0.2) is 0 Å². The Kier molecular flexibility index (Phi) is 2.37. The summed E-state index contributed by atoms with van der Waals surface area (Å²) in [5.74, 6) is 0.742. The van der Waals surface area contributed by atoms with Gasteiger partial charge in [-0.15, -0.1) is 5.10 Å². The zero-order valence-electron chi connectivity index (χ0n) is 9.02. The molecule has 0 radical (unpaired) electrons. The third-order valence-corrected chi connectivity index (χ3v) is 2.07. The molecular formula is C10H13N5. The topological polar surface area (TPSA) is 55.6 Å². The van der Waals surface area contributed by atoms with Crippen LogP contribution in [0.15, 0.2) is 18.5 Å². The van der Waals surface area contributed by atoms with Gasteiger partial charge in [0.1, 0.15) is 0 Å². The van der Waals surface area contributed by atoms with Gasteiger partial charge in [0.05, 0.1) is 17.6 Å². The van der Waals surface area contributed by atoms with Gasteiger partial charge in [0, 0.05) is 13.2 Å². The zero-order valence-corrected chi connectivity index (χ0v) is 9.02. The standard InChI is InChI=1S/C10H13N5/c1-7-4-10(13-11-5-7)12-9-6-15(3)14-8(9)2/h4-6H,1-3H3,(H,12,13). The van der Waals surface area contributed by atoms with E-state index < -0.39 is 0 Å². The summed E-state index contributed by atoms with van der Waals surface area (Å²) >= 11 is 0. The van der Waals surface area contributed by atoms with Crippen molar-refractivity contribution in [1.29, 1.82) is 0 Å². The molecule has 78 valence electrons. The highest BCUT2D eigenvalue weighted by Crippen LogP contribution is 2.17. The lowest BCUT2D eigenvalue weighted by Crippen LogP contribution is -1.96. The van der Waals surface area contributed by atoms with E-state index in [1.165, 1.54) is 0 Å². The predicted octanol–water partition coefficient (Wildman–Crippen LogP) is 1.57. The average Bonchev–Trinajstić information content (AvgIpc) is 2.45. The van der Waals surface area contributed by atoms with E-state index in [0.717, 1.165) is 22.8 Å². The molecule has 0 fully saturated rings. The molecule has 2 aromatic rings. The van der Waals surface area contributed by atoms with Gasteiger partial charge in [-0.1, -0.05) is 0 Å². The van der Waals surface area contributed by atoms with Gasteiger partial charge in [0.25, 0.3) is 0 Å². The molecule has 0 unspecified atom stereocenters. The van der Waals surface area contributed by atoms with Gasteiger partial charge in [0.15, 0.2) is 5.82 Å². The molecule has 15 heavy (non-hydrogen) atoms. The molecule has 0 spiro atoms. The van der Waals surface area contributed by atoms with Gasteiger partial charge >= 0.3 is 0 Å². The first-order valence-electron chi connectivity index (χ1n) is 4.72. The number of rotatable bonds is 2. The van der Waals surface area contributed by atoms with Crippen LogP contribution < -0.4 is 5.32 Å². The SMILES string of the molecule is Cc1cnnc(Nc2cn(C)nc2C)c1. The molecule has 0 atom stereocenters. The van der Waals surface area contributed by atoms with Crippen molar-refractivity contribution in [2.24, 2.45) is 7.05 Å². The molecule has 0 aliphatic rings. The molecule has 0 bridgehead atoms. The Bertz CT molecular complexity index is 474. The van der Waals surface area contributed by atoms with E-state index in [2.05, 4.69) is 20.6 Å². The van der Waals surface area contributed by atoms with Crippen LogP contribution in [-0.4, -0.2) is 20.0 Å². The van der Waals surface area contributed by atoms with Gasteiger partial charge < -0.3 is 5.32 Å². The molecule has 2 aromatic heterocycles. The Morgan fingerprint density at radius 2 is 2.13 bits per heavy atom. The van der Waals surface area contributed by atoms with Crippen molar-refractivity contribution in [2.75, 3.05) is 5.32 Å². The second-order valence-electron chi connectivity index (χ2n) is 3.55.